The second kappa shape index (κ2) is 6.12. The summed E-state index contributed by atoms with van der Waals surface area (Å²) in [6.45, 7) is 8.71. The van der Waals surface area contributed by atoms with Gasteiger partial charge in [-0.25, -0.2) is 4.79 Å². The van der Waals surface area contributed by atoms with Crippen molar-refractivity contribution in [1.29, 1.82) is 0 Å². The van der Waals surface area contributed by atoms with E-state index in [9.17, 15) is 4.79 Å². The van der Waals surface area contributed by atoms with Crippen molar-refractivity contribution in [3.05, 3.63) is 0 Å². The lowest BCUT2D eigenvalue weighted by atomic mass is 9.81. The molecule has 0 radical (unpaired) electrons. The van der Waals surface area contributed by atoms with Gasteiger partial charge < -0.3 is 15.4 Å². The Kier molecular flexibility index (Phi) is 4.71. The van der Waals surface area contributed by atoms with Crippen LogP contribution in [0.2, 0.25) is 0 Å². The zero-order chi connectivity index (χ0) is 13.9. The Balaban J connectivity index is 1.67. The van der Waals surface area contributed by atoms with E-state index in [4.69, 9.17) is 4.74 Å². The molecule has 4 nitrogen and oxygen atoms in total. The van der Waals surface area contributed by atoms with Gasteiger partial charge in [-0.15, -0.1) is 0 Å². The number of rotatable bonds is 4. The van der Waals surface area contributed by atoms with Gasteiger partial charge in [0.15, 0.2) is 0 Å². The SMILES string of the molecule is CC(C)(C)OC(=O)NCCC1CCNCC1C1CC1. The van der Waals surface area contributed by atoms with Gasteiger partial charge in [0.25, 0.3) is 0 Å². The minimum Gasteiger partial charge on any atom is -0.444 e. The number of piperidine rings is 1. The van der Waals surface area contributed by atoms with Crippen molar-refractivity contribution in [2.24, 2.45) is 17.8 Å². The summed E-state index contributed by atoms with van der Waals surface area (Å²) in [6, 6.07) is 0. The molecule has 1 aliphatic carbocycles. The van der Waals surface area contributed by atoms with Crippen LogP contribution in [-0.4, -0.2) is 31.3 Å². The highest BCUT2D eigenvalue weighted by Crippen LogP contribution is 2.43. The first kappa shape index (κ1) is 14.6. The monoisotopic (exact) mass is 268 g/mol. The van der Waals surface area contributed by atoms with E-state index < -0.39 is 5.60 Å². The third kappa shape index (κ3) is 5.01. The summed E-state index contributed by atoms with van der Waals surface area (Å²) in [7, 11) is 0. The van der Waals surface area contributed by atoms with E-state index in [1.807, 2.05) is 20.8 Å². The van der Waals surface area contributed by atoms with E-state index in [2.05, 4.69) is 10.6 Å². The second-order valence-electron chi connectivity index (χ2n) is 6.97. The lowest BCUT2D eigenvalue weighted by Crippen LogP contribution is -2.40. The highest BCUT2D eigenvalue weighted by Gasteiger charge is 2.37. The smallest absolute Gasteiger partial charge is 0.407 e. The first-order chi connectivity index (χ1) is 8.96. The summed E-state index contributed by atoms with van der Waals surface area (Å²) in [5.74, 6) is 2.54. The molecule has 2 N–H and O–H groups in total. The van der Waals surface area contributed by atoms with Crippen molar-refractivity contribution in [3.63, 3.8) is 0 Å². The van der Waals surface area contributed by atoms with E-state index in [1.165, 1.54) is 25.8 Å². The van der Waals surface area contributed by atoms with Gasteiger partial charge in [0.05, 0.1) is 0 Å². The molecule has 19 heavy (non-hydrogen) atoms. The summed E-state index contributed by atoms with van der Waals surface area (Å²) in [4.78, 5) is 11.6. The van der Waals surface area contributed by atoms with Crippen LogP contribution in [0.5, 0.6) is 0 Å². The normalized spacial score (nSPS) is 27.9. The topological polar surface area (TPSA) is 50.4 Å². The lowest BCUT2D eigenvalue weighted by molar-refractivity contribution is 0.0521. The second-order valence-corrected chi connectivity index (χ2v) is 6.97. The highest BCUT2D eigenvalue weighted by atomic mass is 16.6. The van der Waals surface area contributed by atoms with Crippen LogP contribution >= 0.6 is 0 Å². The minimum absolute atomic E-state index is 0.288. The number of hydrogen-bond acceptors (Lipinski definition) is 3. The van der Waals surface area contributed by atoms with Gasteiger partial charge in [-0.05, 0) is 77.3 Å². The van der Waals surface area contributed by atoms with Crippen LogP contribution in [0.3, 0.4) is 0 Å². The maximum atomic E-state index is 11.6. The average Bonchev–Trinajstić information content (AvgIpc) is 3.11. The van der Waals surface area contributed by atoms with E-state index >= 15 is 0 Å². The summed E-state index contributed by atoms with van der Waals surface area (Å²) < 4.78 is 5.25. The maximum Gasteiger partial charge on any atom is 0.407 e. The molecule has 1 saturated carbocycles. The number of ether oxygens (including phenoxy) is 1. The van der Waals surface area contributed by atoms with Crippen LogP contribution in [-0.2, 0) is 4.74 Å². The molecule has 0 aromatic heterocycles. The number of carbonyl (C=O) groups is 1. The van der Waals surface area contributed by atoms with Crippen molar-refractivity contribution in [2.75, 3.05) is 19.6 Å². The zero-order valence-electron chi connectivity index (χ0n) is 12.5. The first-order valence-electron chi connectivity index (χ1n) is 7.63. The Labute approximate surface area is 116 Å². The molecule has 1 amide bonds. The Morgan fingerprint density at radius 1 is 1.32 bits per heavy atom. The molecular weight excluding hydrogens is 240 g/mol. The maximum absolute atomic E-state index is 11.6. The van der Waals surface area contributed by atoms with Crippen molar-refractivity contribution in [3.8, 4) is 0 Å². The quantitative estimate of drug-likeness (QED) is 0.824. The van der Waals surface area contributed by atoms with Crippen molar-refractivity contribution in [1.82, 2.24) is 10.6 Å². The van der Waals surface area contributed by atoms with Gasteiger partial charge in [-0.1, -0.05) is 0 Å². The molecule has 0 spiro atoms. The Morgan fingerprint density at radius 3 is 2.68 bits per heavy atom. The summed E-state index contributed by atoms with van der Waals surface area (Å²) in [5, 5.41) is 6.39. The summed E-state index contributed by atoms with van der Waals surface area (Å²) in [6.07, 6.45) is 4.86. The molecule has 2 fully saturated rings. The molecule has 1 heterocycles. The number of hydrogen-bond donors (Lipinski definition) is 2. The largest absolute Gasteiger partial charge is 0.444 e. The molecule has 4 heteroatoms. The van der Waals surface area contributed by atoms with Crippen LogP contribution in [0, 0.1) is 17.8 Å². The molecule has 2 rings (SSSR count). The predicted molar refractivity (Wildman–Crippen MR) is 76.0 cm³/mol. The summed E-state index contributed by atoms with van der Waals surface area (Å²) in [5.41, 5.74) is -0.407. The van der Waals surface area contributed by atoms with Gasteiger partial charge in [0.2, 0.25) is 0 Å². The molecular formula is C15H28N2O2. The van der Waals surface area contributed by atoms with Crippen LogP contribution < -0.4 is 10.6 Å². The van der Waals surface area contributed by atoms with E-state index in [0.29, 0.717) is 0 Å². The number of nitrogens with one attached hydrogen (secondary N) is 2. The van der Waals surface area contributed by atoms with Gasteiger partial charge in [0, 0.05) is 6.54 Å². The molecule has 1 saturated heterocycles. The Morgan fingerprint density at radius 2 is 2.05 bits per heavy atom. The average molecular weight is 268 g/mol. The molecule has 0 bridgehead atoms. The molecule has 2 unspecified atom stereocenters. The number of alkyl carbamates (subject to hydrolysis) is 1. The molecule has 2 atom stereocenters. The fourth-order valence-electron chi connectivity index (χ4n) is 3.05. The van der Waals surface area contributed by atoms with Gasteiger partial charge in [-0.3, -0.25) is 0 Å². The molecule has 0 aromatic rings. The zero-order valence-corrected chi connectivity index (χ0v) is 12.5. The van der Waals surface area contributed by atoms with Crippen LogP contribution in [0.4, 0.5) is 4.79 Å². The van der Waals surface area contributed by atoms with Gasteiger partial charge in [-0.2, -0.15) is 0 Å². The van der Waals surface area contributed by atoms with Gasteiger partial charge >= 0.3 is 6.09 Å². The molecule has 1 aliphatic heterocycles. The van der Waals surface area contributed by atoms with Gasteiger partial charge in [0.1, 0.15) is 5.60 Å². The Hall–Kier alpha value is -0.770. The van der Waals surface area contributed by atoms with E-state index in [-0.39, 0.29) is 6.09 Å². The van der Waals surface area contributed by atoms with Crippen LogP contribution in [0.1, 0.15) is 46.5 Å². The number of carbonyl (C=O) groups excluding carboxylic acids is 1. The summed E-state index contributed by atoms with van der Waals surface area (Å²) >= 11 is 0. The minimum atomic E-state index is -0.407. The molecule has 110 valence electrons. The Bertz CT molecular complexity index is 308. The third-order valence-corrected chi connectivity index (χ3v) is 4.09. The standard InChI is InChI=1S/C15H28N2O2/c1-15(2,3)19-14(18)17-9-7-12-6-8-16-10-13(12)11-4-5-11/h11-13,16H,4-10H2,1-3H3,(H,17,18). The van der Waals surface area contributed by atoms with Crippen LogP contribution in [0.15, 0.2) is 0 Å². The van der Waals surface area contributed by atoms with Crippen molar-refractivity contribution >= 4 is 6.09 Å². The first-order valence-corrected chi connectivity index (χ1v) is 7.63. The third-order valence-electron chi connectivity index (χ3n) is 4.09. The van der Waals surface area contributed by atoms with E-state index in [0.717, 1.165) is 37.3 Å². The molecule has 2 aliphatic rings. The van der Waals surface area contributed by atoms with Crippen molar-refractivity contribution < 1.29 is 9.53 Å². The van der Waals surface area contributed by atoms with Crippen molar-refractivity contribution in [2.45, 2.75) is 52.1 Å². The molecule has 0 aromatic carbocycles. The van der Waals surface area contributed by atoms with E-state index in [1.54, 1.807) is 0 Å². The fraction of sp³-hybridized carbons (Fsp3) is 0.933. The predicted octanol–water partition coefficient (Wildman–Crippen LogP) is 2.54. The number of amides is 1. The lowest BCUT2D eigenvalue weighted by Gasteiger charge is -2.32. The highest BCUT2D eigenvalue weighted by molar-refractivity contribution is 5.67. The van der Waals surface area contributed by atoms with Crippen LogP contribution in [0.25, 0.3) is 0 Å². The fourth-order valence-corrected chi connectivity index (χ4v) is 3.05.